The van der Waals surface area contributed by atoms with Crippen LogP contribution in [0.2, 0.25) is 0 Å². The lowest BCUT2D eigenvalue weighted by molar-refractivity contribution is 0.279. The van der Waals surface area contributed by atoms with Crippen LogP contribution in [0.1, 0.15) is 11.1 Å². The summed E-state index contributed by atoms with van der Waals surface area (Å²) < 4.78 is 25.8. The molecule has 4 aromatic rings. The molecule has 156 valence electrons. The fourth-order valence-corrected chi connectivity index (χ4v) is 3.09. The monoisotopic (exact) mass is 419 g/mol. The maximum atomic E-state index is 13.9. The Morgan fingerprint density at radius 1 is 1.03 bits per heavy atom. The van der Waals surface area contributed by atoms with Gasteiger partial charge in [-0.3, -0.25) is 4.79 Å². The molecule has 0 fully saturated rings. The second kappa shape index (κ2) is 8.66. The van der Waals surface area contributed by atoms with E-state index < -0.39 is 11.2 Å². The minimum absolute atomic E-state index is 0.0373. The number of methoxy groups -OCH3 is 1. The van der Waals surface area contributed by atoms with E-state index in [1.54, 1.807) is 60.7 Å². The smallest absolute Gasteiger partial charge is 0.349 e. The molecule has 31 heavy (non-hydrogen) atoms. The third kappa shape index (κ3) is 4.09. The van der Waals surface area contributed by atoms with Gasteiger partial charge in [0.15, 0.2) is 11.5 Å². The first-order valence-corrected chi connectivity index (χ1v) is 9.40. The van der Waals surface area contributed by atoms with Crippen LogP contribution in [-0.4, -0.2) is 23.0 Å². The van der Waals surface area contributed by atoms with Crippen molar-refractivity contribution in [1.29, 1.82) is 0 Å². The largest absolute Gasteiger partial charge is 0.493 e. The molecule has 4 rings (SSSR count). The Bertz CT molecular complexity index is 1390. The Kier molecular flexibility index (Phi) is 5.61. The predicted octanol–water partition coefficient (Wildman–Crippen LogP) is 3.30. The third-order valence-electron chi connectivity index (χ3n) is 4.66. The number of benzene rings is 3. The highest BCUT2D eigenvalue weighted by Gasteiger charge is 2.12. The summed E-state index contributed by atoms with van der Waals surface area (Å²) in [6, 6.07) is 18.0. The average Bonchev–Trinajstić information content (AvgIpc) is 2.78. The first-order chi connectivity index (χ1) is 15.1. The number of nitrogens with one attached hydrogen (secondary N) is 1. The van der Waals surface area contributed by atoms with Crippen LogP contribution < -0.4 is 20.7 Å². The molecule has 1 heterocycles. The van der Waals surface area contributed by atoms with Gasteiger partial charge in [0.25, 0.3) is 5.56 Å². The first-order valence-electron chi connectivity index (χ1n) is 9.40. The third-order valence-corrected chi connectivity index (χ3v) is 4.66. The zero-order chi connectivity index (χ0) is 21.8. The van der Waals surface area contributed by atoms with E-state index in [9.17, 15) is 14.0 Å². The molecule has 0 radical (unpaired) electrons. The first kappa shape index (κ1) is 20.1. The molecule has 1 N–H and O–H groups in total. The molecule has 0 aliphatic heterocycles. The highest BCUT2D eigenvalue weighted by atomic mass is 19.1. The molecule has 0 unspecified atom stereocenters. The molecule has 8 heteroatoms. The molecule has 0 aliphatic rings. The van der Waals surface area contributed by atoms with Gasteiger partial charge in [-0.15, -0.1) is 4.68 Å². The summed E-state index contributed by atoms with van der Waals surface area (Å²) >= 11 is 0. The Morgan fingerprint density at radius 3 is 2.61 bits per heavy atom. The lowest BCUT2D eigenvalue weighted by atomic mass is 10.2. The van der Waals surface area contributed by atoms with Gasteiger partial charge in [0.2, 0.25) is 0 Å². The molecule has 0 aliphatic carbocycles. The molecule has 3 aromatic carbocycles. The number of rotatable bonds is 6. The number of hydrogen-bond donors (Lipinski definition) is 1. The Balaban J connectivity index is 1.71. The topological polar surface area (TPSA) is 85.7 Å². The molecular weight excluding hydrogens is 401 g/mol. The van der Waals surface area contributed by atoms with Gasteiger partial charge >= 0.3 is 5.69 Å². The lowest BCUT2D eigenvalue weighted by Gasteiger charge is -2.13. The minimum atomic E-state index is -0.670. The summed E-state index contributed by atoms with van der Waals surface area (Å²) in [5.74, 6) is 0.323. The minimum Gasteiger partial charge on any atom is -0.493 e. The maximum Gasteiger partial charge on any atom is 0.349 e. The van der Waals surface area contributed by atoms with Crippen LogP contribution in [0.4, 0.5) is 4.39 Å². The quantitative estimate of drug-likeness (QED) is 0.486. The van der Waals surface area contributed by atoms with Crippen molar-refractivity contribution in [3.05, 3.63) is 105 Å². The van der Waals surface area contributed by atoms with Crippen LogP contribution >= 0.6 is 0 Å². The summed E-state index contributed by atoms with van der Waals surface area (Å²) in [4.78, 5) is 27.6. The molecule has 1 aromatic heterocycles. The van der Waals surface area contributed by atoms with E-state index in [4.69, 9.17) is 9.47 Å². The van der Waals surface area contributed by atoms with Crippen molar-refractivity contribution in [3.63, 3.8) is 0 Å². The van der Waals surface area contributed by atoms with Crippen LogP contribution in [-0.2, 0) is 6.61 Å². The molecule has 0 bridgehead atoms. The van der Waals surface area contributed by atoms with Crippen LogP contribution in [0, 0.1) is 5.82 Å². The fourth-order valence-electron chi connectivity index (χ4n) is 3.09. The highest BCUT2D eigenvalue weighted by molar-refractivity contribution is 5.85. The van der Waals surface area contributed by atoms with Gasteiger partial charge in [-0.2, -0.15) is 5.10 Å². The Labute approximate surface area is 176 Å². The standard InChI is InChI=1S/C23H18FN3O4/c1-30-20-12-6-8-15(21(20)31-14-16-7-2-4-10-18(16)24)13-25-27-22(28)17-9-3-5-11-19(17)26-23(27)29/h2-13H,14H2,1H3,(H,26,29). The molecule has 0 atom stereocenters. The van der Waals surface area contributed by atoms with Gasteiger partial charge in [0, 0.05) is 11.1 Å². The van der Waals surface area contributed by atoms with Crippen LogP contribution in [0.5, 0.6) is 11.5 Å². The van der Waals surface area contributed by atoms with E-state index in [0.29, 0.717) is 33.5 Å². The molecule has 0 saturated heterocycles. The highest BCUT2D eigenvalue weighted by Crippen LogP contribution is 2.31. The van der Waals surface area contributed by atoms with Gasteiger partial charge in [0.05, 0.1) is 24.2 Å². The summed E-state index contributed by atoms with van der Waals surface area (Å²) in [6.45, 7) is -0.0373. The molecule has 0 saturated carbocycles. The Morgan fingerprint density at radius 2 is 1.81 bits per heavy atom. The Hall–Kier alpha value is -4.20. The van der Waals surface area contributed by atoms with Gasteiger partial charge in [0.1, 0.15) is 12.4 Å². The van der Waals surface area contributed by atoms with Crippen LogP contribution in [0.25, 0.3) is 10.9 Å². The van der Waals surface area contributed by atoms with Gasteiger partial charge < -0.3 is 14.5 Å². The maximum absolute atomic E-state index is 13.9. The number of halogens is 1. The van der Waals surface area contributed by atoms with Crippen molar-refractivity contribution in [3.8, 4) is 11.5 Å². The lowest BCUT2D eigenvalue weighted by Crippen LogP contribution is -2.32. The van der Waals surface area contributed by atoms with Crippen molar-refractivity contribution in [1.82, 2.24) is 9.66 Å². The number of fused-ring (bicyclic) bond motifs is 1. The van der Waals surface area contributed by atoms with Gasteiger partial charge in [-0.1, -0.05) is 36.4 Å². The second-order valence-electron chi connectivity index (χ2n) is 6.60. The number of ether oxygens (including phenoxy) is 2. The van der Waals surface area contributed by atoms with Crippen molar-refractivity contribution in [2.75, 3.05) is 7.11 Å². The zero-order valence-corrected chi connectivity index (χ0v) is 16.5. The molecule has 0 spiro atoms. The van der Waals surface area contributed by atoms with Gasteiger partial charge in [-0.25, -0.2) is 9.18 Å². The van der Waals surface area contributed by atoms with E-state index in [1.807, 2.05) is 0 Å². The summed E-state index contributed by atoms with van der Waals surface area (Å²) in [5.41, 5.74) is 0.0388. The van der Waals surface area contributed by atoms with Crippen molar-refractivity contribution < 1.29 is 13.9 Å². The SMILES string of the molecule is COc1cccc(C=Nn2c(=O)[nH]c3ccccc3c2=O)c1OCc1ccccc1F. The number of para-hydroxylation sites is 2. The number of hydrogen-bond acceptors (Lipinski definition) is 5. The van der Waals surface area contributed by atoms with E-state index in [1.165, 1.54) is 19.4 Å². The van der Waals surface area contributed by atoms with Crippen molar-refractivity contribution in [2.24, 2.45) is 5.10 Å². The zero-order valence-electron chi connectivity index (χ0n) is 16.5. The normalized spacial score (nSPS) is 11.2. The van der Waals surface area contributed by atoms with E-state index in [0.717, 1.165) is 4.68 Å². The van der Waals surface area contributed by atoms with E-state index in [-0.39, 0.29) is 12.4 Å². The molecule has 0 amide bonds. The summed E-state index contributed by atoms with van der Waals surface area (Å²) in [7, 11) is 1.48. The fraction of sp³-hybridized carbons (Fsp3) is 0.0870. The summed E-state index contributed by atoms with van der Waals surface area (Å²) in [6.07, 6.45) is 1.32. The number of nitrogens with zero attached hydrogens (tertiary/aromatic N) is 2. The van der Waals surface area contributed by atoms with Crippen molar-refractivity contribution >= 4 is 17.1 Å². The van der Waals surface area contributed by atoms with Crippen molar-refractivity contribution in [2.45, 2.75) is 6.61 Å². The van der Waals surface area contributed by atoms with Gasteiger partial charge in [-0.05, 0) is 30.3 Å². The van der Waals surface area contributed by atoms with Crippen LogP contribution in [0.3, 0.4) is 0 Å². The van der Waals surface area contributed by atoms with E-state index >= 15 is 0 Å². The number of H-pyrrole nitrogens is 1. The summed E-state index contributed by atoms with van der Waals surface area (Å²) in [5, 5.41) is 4.39. The molecule has 7 nitrogen and oxygen atoms in total. The van der Waals surface area contributed by atoms with E-state index in [2.05, 4.69) is 10.1 Å². The predicted molar refractivity (Wildman–Crippen MR) is 116 cm³/mol. The number of aromatic amines is 1. The number of aromatic nitrogens is 2. The second-order valence-corrected chi connectivity index (χ2v) is 6.60. The molecular formula is C23H18FN3O4. The van der Waals surface area contributed by atoms with Crippen LogP contribution in [0.15, 0.2) is 81.4 Å². The average molecular weight is 419 g/mol.